The lowest BCUT2D eigenvalue weighted by Gasteiger charge is -2.22. The van der Waals surface area contributed by atoms with E-state index in [0.29, 0.717) is 11.5 Å². The molecule has 2 aromatic rings. The number of ether oxygens (including phenoxy) is 2. The standard InChI is InChI=1S/C15H18N2O4/c1-8(13(18)19)17-10-6-12-11(20-7-21-12)5-9(10)16-14(17)15(2,3)4/h5-6,8H,7H2,1-4H3,(H,18,19). The van der Waals surface area contributed by atoms with Crippen LogP contribution in [0.25, 0.3) is 11.0 Å². The van der Waals surface area contributed by atoms with Crippen LogP contribution in [0.3, 0.4) is 0 Å². The highest BCUT2D eigenvalue weighted by molar-refractivity contribution is 5.83. The summed E-state index contributed by atoms with van der Waals surface area (Å²) >= 11 is 0. The Labute approximate surface area is 122 Å². The van der Waals surface area contributed by atoms with Crippen molar-refractivity contribution in [3.05, 3.63) is 18.0 Å². The number of fused-ring (bicyclic) bond motifs is 2. The van der Waals surface area contributed by atoms with Crippen LogP contribution >= 0.6 is 0 Å². The summed E-state index contributed by atoms with van der Waals surface area (Å²) in [4.78, 5) is 16.1. The minimum absolute atomic E-state index is 0.183. The molecule has 6 heteroatoms. The van der Waals surface area contributed by atoms with Gasteiger partial charge in [0.2, 0.25) is 6.79 Å². The van der Waals surface area contributed by atoms with Gasteiger partial charge >= 0.3 is 5.97 Å². The summed E-state index contributed by atoms with van der Waals surface area (Å²) in [5.41, 5.74) is 1.20. The zero-order chi connectivity index (χ0) is 15.4. The van der Waals surface area contributed by atoms with Crippen LogP contribution in [0, 0.1) is 0 Å². The van der Waals surface area contributed by atoms with E-state index in [-0.39, 0.29) is 12.2 Å². The Hall–Kier alpha value is -2.24. The lowest BCUT2D eigenvalue weighted by atomic mass is 9.95. The average molecular weight is 290 g/mol. The van der Waals surface area contributed by atoms with E-state index in [0.717, 1.165) is 16.9 Å². The van der Waals surface area contributed by atoms with Gasteiger partial charge in [0.1, 0.15) is 11.9 Å². The Morgan fingerprint density at radius 1 is 1.33 bits per heavy atom. The first-order chi connectivity index (χ1) is 9.79. The molecule has 0 bridgehead atoms. The van der Waals surface area contributed by atoms with Gasteiger partial charge in [-0.3, -0.25) is 0 Å². The molecule has 1 unspecified atom stereocenters. The zero-order valence-corrected chi connectivity index (χ0v) is 12.5. The van der Waals surface area contributed by atoms with Crippen molar-refractivity contribution in [1.82, 2.24) is 9.55 Å². The second kappa shape index (κ2) is 4.38. The van der Waals surface area contributed by atoms with Crippen molar-refractivity contribution in [1.29, 1.82) is 0 Å². The zero-order valence-electron chi connectivity index (χ0n) is 12.5. The van der Waals surface area contributed by atoms with E-state index in [9.17, 15) is 9.90 Å². The minimum atomic E-state index is -0.891. The van der Waals surface area contributed by atoms with Gasteiger partial charge in [0.05, 0.1) is 11.0 Å². The van der Waals surface area contributed by atoms with Gasteiger partial charge in [-0.1, -0.05) is 20.8 Å². The second-order valence-corrected chi connectivity index (χ2v) is 6.26. The van der Waals surface area contributed by atoms with Crippen LogP contribution in [0.4, 0.5) is 0 Å². The summed E-state index contributed by atoms with van der Waals surface area (Å²) in [6.07, 6.45) is 0. The molecule has 1 atom stereocenters. The highest BCUT2D eigenvalue weighted by atomic mass is 16.7. The van der Waals surface area contributed by atoms with Crippen molar-refractivity contribution in [3.8, 4) is 11.5 Å². The van der Waals surface area contributed by atoms with E-state index in [4.69, 9.17) is 9.47 Å². The van der Waals surface area contributed by atoms with Crippen molar-refractivity contribution in [2.45, 2.75) is 39.2 Å². The lowest BCUT2D eigenvalue weighted by molar-refractivity contribution is -0.140. The van der Waals surface area contributed by atoms with E-state index in [1.165, 1.54) is 0 Å². The molecule has 2 heterocycles. The lowest BCUT2D eigenvalue weighted by Crippen LogP contribution is -2.24. The number of imidazole rings is 1. The molecule has 0 amide bonds. The molecular weight excluding hydrogens is 272 g/mol. The molecule has 0 spiro atoms. The van der Waals surface area contributed by atoms with E-state index >= 15 is 0 Å². The van der Waals surface area contributed by atoms with Gasteiger partial charge in [-0.05, 0) is 6.92 Å². The van der Waals surface area contributed by atoms with E-state index in [1.54, 1.807) is 23.6 Å². The summed E-state index contributed by atoms with van der Waals surface area (Å²) in [6, 6.07) is 2.90. The second-order valence-electron chi connectivity index (χ2n) is 6.26. The molecule has 1 aliphatic rings. The third-order valence-electron chi connectivity index (χ3n) is 3.60. The number of nitrogens with zero attached hydrogens (tertiary/aromatic N) is 2. The smallest absolute Gasteiger partial charge is 0.326 e. The predicted octanol–water partition coefficient (Wildman–Crippen LogP) is 2.71. The molecule has 1 aromatic carbocycles. The summed E-state index contributed by atoms with van der Waals surface area (Å²) in [7, 11) is 0. The van der Waals surface area contributed by atoms with E-state index in [2.05, 4.69) is 4.98 Å². The first-order valence-corrected chi connectivity index (χ1v) is 6.84. The number of hydrogen-bond acceptors (Lipinski definition) is 4. The summed E-state index contributed by atoms with van der Waals surface area (Å²) in [5.74, 6) is 1.12. The maximum atomic E-state index is 11.4. The molecule has 112 valence electrons. The molecule has 1 aromatic heterocycles. The number of carbonyl (C=O) groups is 1. The minimum Gasteiger partial charge on any atom is -0.480 e. The van der Waals surface area contributed by atoms with Gasteiger partial charge in [0, 0.05) is 17.5 Å². The third-order valence-corrected chi connectivity index (χ3v) is 3.60. The normalized spacial score (nSPS) is 15.4. The number of benzene rings is 1. The van der Waals surface area contributed by atoms with Crippen LogP contribution in [0.15, 0.2) is 12.1 Å². The number of rotatable bonds is 2. The summed E-state index contributed by atoms with van der Waals surface area (Å²) in [5, 5.41) is 9.39. The first-order valence-electron chi connectivity index (χ1n) is 6.84. The Kier molecular flexibility index (Phi) is 2.86. The number of aliphatic carboxylic acids is 1. The van der Waals surface area contributed by atoms with E-state index < -0.39 is 12.0 Å². The maximum absolute atomic E-state index is 11.4. The molecule has 1 aliphatic heterocycles. The highest BCUT2D eigenvalue weighted by Crippen LogP contribution is 2.38. The summed E-state index contributed by atoms with van der Waals surface area (Å²) < 4.78 is 12.5. The number of hydrogen-bond donors (Lipinski definition) is 1. The monoisotopic (exact) mass is 290 g/mol. The SMILES string of the molecule is CC(C(=O)O)n1c(C(C)(C)C)nc2cc3c(cc21)OCO3. The van der Waals surface area contributed by atoms with Gasteiger partial charge < -0.3 is 19.1 Å². The van der Waals surface area contributed by atoms with Crippen molar-refractivity contribution >= 4 is 17.0 Å². The predicted molar refractivity (Wildman–Crippen MR) is 76.9 cm³/mol. The number of carboxylic acids is 1. The molecule has 0 saturated carbocycles. The Morgan fingerprint density at radius 3 is 2.52 bits per heavy atom. The highest BCUT2D eigenvalue weighted by Gasteiger charge is 2.29. The van der Waals surface area contributed by atoms with Gasteiger partial charge in [0.25, 0.3) is 0 Å². The molecule has 3 rings (SSSR count). The van der Waals surface area contributed by atoms with Crippen LogP contribution in [0.5, 0.6) is 11.5 Å². The average Bonchev–Trinajstić information content (AvgIpc) is 2.96. The van der Waals surface area contributed by atoms with Crippen molar-refractivity contribution in [2.24, 2.45) is 0 Å². The van der Waals surface area contributed by atoms with Crippen molar-refractivity contribution in [3.63, 3.8) is 0 Å². The third kappa shape index (κ3) is 2.11. The van der Waals surface area contributed by atoms with Crippen molar-refractivity contribution < 1.29 is 19.4 Å². The fraction of sp³-hybridized carbons (Fsp3) is 0.467. The van der Waals surface area contributed by atoms with E-state index in [1.807, 2.05) is 20.8 Å². The Balaban J connectivity index is 2.31. The Morgan fingerprint density at radius 2 is 1.95 bits per heavy atom. The summed E-state index contributed by atoms with van der Waals surface area (Å²) in [6.45, 7) is 7.88. The molecular formula is C15H18N2O4. The number of carboxylic acid groups (broad SMARTS) is 1. The molecule has 0 radical (unpaired) electrons. The van der Waals surface area contributed by atoms with Gasteiger partial charge in [-0.25, -0.2) is 9.78 Å². The number of aromatic nitrogens is 2. The quantitative estimate of drug-likeness (QED) is 0.920. The van der Waals surface area contributed by atoms with Gasteiger partial charge in [-0.15, -0.1) is 0 Å². The van der Waals surface area contributed by atoms with Crippen LogP contribution in [-0.4, -0.2) is 27.4 Å². The fourth-order valence-electron chi connectivity index (χ4n) is 2.52. The molecule has 6 nitrogen and oxygen atoms in total. The topological polar surface area (TPSA) is 73.6 Å². The largest absolute Gasteiger partial charge is 0.480 e. The van der Waals surface area contributed by atoms with Crippen LogP contribution in [-0.2, 0) is 10.2 Å². The molecule has 0 aliphatic carbocycles. The molecule has 21 heavy (non-hydrogen) atoms. The molecule has 1 N–H and O–H groups in total. The van der Waals surface area contributed by atoms with Gasteiger partial charge in [-0.2, -0.15) is 0 Å². The van der Waals surface area contributed by atoms with Crippen LogP contribution in [0.1, 0.15) is 39.6 Å². The van der Waals surface area contributed by atoms with Crippen molar-refractivity contribution in [2.75, 3.05) is 6.79 Å². The fourth-order valence-corrected chi connectivity index (χ4v) is 2.52. The van der Waals surface area contributed by atoms with Crippen LogP contribution in [0.2, 0.25) is 0 Å². The van der Waals surface area contributed by atoms with Crippen LogP contribution < -0.4 is 9.47 Å². The first kappa shape index (κ1) is 13.7. The van der Waals surface area contributed by atoms with Gasteiger partial charge in [0.15, 0.2) is 11.5 Å². The molecule has 0 saturated heterocycles. The molecule has 0 fully saturated rings. The Bertz CT molecular complexity index is 727. The maximum Gasteiger partial charge on any atom is 0.326 e.